The highest BCUT2D eigenvalue weighted by molar-refractivity contribution is 9.10. The summed E-state index contributed by atoms with van der Waals surface area (Å²) in [5.41, 5.74) is 5.48. The fourth-order valence-corrected chi connectivity index (χ4v) is 2.99. The molecular formula is C16H13Br. The maximum atomic E-state index is 3.63. The van der Waals surface area contributed by atoms with Crippen molar-refractivity contribution in [2.45, 2.75) is 12.8 Å². The van der Waals surface area contributed by atoms with Crippen molar-refractivity contribution in [1.82, 2.24) is 0 Å². The number of allylic oxidation sites excluding steroid dienone is 1. The molecule has 0 N–H and O–H groups in total. The Morgan fingerprint density at radius 3 is 2.41 bits per heavy atom. The van der Waals surface area contributed by atoms with Crippen molar-refractivity contribution in [3.63, 3.8) is 0 Å². The summed E-state index contributed by atoms with van der Waals surface area (Å²) in [5, 5.41) is 0. The van der Waals surface area contributed by atoms with E-state index in [1.807, 2.05) is 0 Å². The van der Waals surface area contributed by atoms with Crippen molar-refractivity contribution in [2.75, 3.05) is 0 Å². The summed E-state index contributed by atoms with van der Waals surface area (Å²) in [6.07, 6.45) is 2.30. The maximum Gasteiger partial charge on any atom is 0.0250 e. The molecule has 0 fully saturated rings. The van der Waals surface area contributed by atoms with Crippen LogP contribution in [0.2, 0.25) is 0 Å². The molecule has 1 unspecified atom stereocenters. The SMILES string of the molecule is CC1C(c2ccccc2)=Cc2c(Br)cccc21. The van der Waals surface area contributed by atoms with E-state index in [0.29, 0.717) is 5.92 Å². The molecule has 0 aromatic heterocycles. The minimum atomic E-state index is 0.477. The van der Waals surface area contributed by atoms with Gasteiger partial charge in [0.05, 0.1) is 0 Å². The smallest absolute Gasteiger partial charge is 0.0250 e. The number of halogens is 1. The largest absolute Gasteiger partial charge is 0.0622 e. The summed E-state index contributed by atoms with van der Waals surface area (Å²) in [5.74, 6) is 0.477. The van der Waals surface area contributed by atoms with Gasteiger partial charge in [-0.3, -0.25) is 0 Å². The van der Waals surface area contributed by atoms with Gasteiger partial charge in [-0.05, 0) is 34.4 Å². The maximum absolute atomic E-state index is 3.63. The van der Waals surface area contributed by atoms with Crippen molar-refractivity contribution >= 4 is 27.6 Å². The second-order valence-corrected chi connectivity index (χ2v) is 5.28. The lowest BCUT2D eigenvalue weighted by atomic mass is 9.93. The highest BCUT2D eigenvalue weighted by Gasteiger charge is 2.23. The van der Waals surface area contributed by atoms with Gasteiger partial charge < -0.3 is 0 Å². The molecule has 1 atom stereocenters. The Labute approximate surface area is 110 Å². The van der Waals surface area contributed by atoms with Crippen LogP contribution in [-0.2, 0) is 0 Å². The number of hydrogen-bond donors (Lipinski definition) is 0. The zero-order chi connectivity index (χ0) is 11.8. The summed E-state index contributed by atoms with van der Waals surface area (Å²) in [7, 11) is 0. The summed E-state index contributed by atoms with van der Waals surface area (Å²) >= 11 is 3.63. The summed E-state index contributed by atoms with van der Waals surface area (Å²) < 4.78 is 1.19. The number of benzene rings is 2. The predicted molar refractivity (Wildman–Crippen MR) is 76.9 cm³/mol. The fourth-order valence-electron chi connectivity index (χ4n) is 2.50. The molecule has 0 bridgehead atoms. The summed E-state index contributed by atoms with van der Waals surface area (Å²) in [6.45, 7) is 2.27. The van der Waals surface area contributed by atoms with Crippen LogP contribution in [0.3, 0.4) is 0 Å². The minimum Gasteiger partial charge on any atom is -0.0622 e. The van der Waals surface area contributed by atoms with E-state index in [0.717, 1.165) is 0 Å². The topological polar surface area (TPSA) is 0 Å². The first-order valence-electron chi connectivity index (χ1n) is 5.83. The second-order valence-electron chi connectivity index (χ2n) is 4.43. The Bertz CT molecular complexity index is 582. The van der Waals surface area contributed by atoms with Gasteiger partial charge in [0.2, 0.25) is 0 Å². The molecule has 0 saturated heterocycles. The van der Waals surface area contributed by atoms with Gasteiger partial charge in [0.25, 0.3) is 0 Å². The average molecular weight is 285 g/mol. The zero-order valence-corrected chi connectivity index (χ0v) is 11.2. The second kappa shape index (κ2) is 4.15. The molecule has 84 valence electrons. The molecule has 2 aromatic rings. The van der Waals surface area contributed by atoms with E-state index in [1.165, 1.54) is 26.7 Å². The normalized spacial score (nSPS) is 17.8. The minimum absolute atomic E-state index is 0.477. The Kier molecular flexibility index (Phi) is 2.64. The Morgan fingerprint density at radius 1 is 0.941 bits per heavy atom. The van der Waals surface area contributed by atoms with Gasteiger partial charge in [0.1, 0.15) is 0 Å². The van der Waals surface area contributed by atoms with Crippen LogP contribution in [0.15, 0.2) is 53.0 Å². The molecule has 0 amide bonds. The number of rotatable bonds is 1. The van der Waals surface area contributed by atoms with E-state index in [9.17, 15) is 0 Å². The molecule has 3 rings (SSSR count). The molecular weight excluding hydrogens is 272 g/mol. The molecule has 0 aliphatic heterocycles. The van der Waals surface area contributed by atoms with Crippen molar-refractivity contribution in [1.29, 1.82) is 0 Å². The molecule has 2 aromatic carbocycles. The van der Waals surface area contributed by atoms with Crippen LogP contribution in [0.4, 0.5) is 0 Å². The molecule has 1 aliphatic carbocycles. The molecule has 1 heteroatoms. The monoisotopic (exact) mass is 284 g/mol. The van der Waals surface area contributed by atoms with Crippen LogP contribution in [0, 0.1) is 0 Å². The molecule has 0 saturated carbocycles. The van der Waals surface area contributed by atoms with Crippen LogP contribution in [-0.4, -0.2) is 0 Å². The lowest BCUT2D eigenvalue weighted by Gasteiger charge is -2.11. The van der Waals surface area contributed by atoms with E-state index < -0.39 is 0 Å². The van der Waals surface area contributed by atoms with Gasteiger partial charge in [0, 0.05) is 10.4 Å². The number of hydrogen-bond acceptors (Lipinski definition) is 0. The van der Waals surface area contributed by atoms with E-state index in [2.05, 4.69) is 77.5 Å². The lowest BCUT2D eigenvalue weighted by molar-refractivity contribution is 1.01. The molecule has 17 heavy (non-hydrogen) atoms. The predicted octanol–water partition coefficient (Wildman–Crippen LogP) is 5.11. The standard InChI is InChI=1S/C16H13Br/c1-11-13-8-5-9-16(17)15(13)10-14(11)12-6-3-2-4-7-12/h2-11H,1H3. The van der Waals surface area contributed by atoms with Gasteiger partial charge in [-0.1, -0.05) is 65.3 Å². The van der Waals surface area contributed by atoms with Crippen molar-refractivity contribution in [3.05, 3.63) is 69.7 Å². The highest BCUT2D eigenvalue weighted by atomic mass is 79.9. The average Bonchev–Trinajstić information content (AvgIpc) is 2.70. The first kappa shape index (κ1) is 10.8. The zero-order valence-electron chi connectivity index (χ0n) is 9.65. The third-order valence-electron chi connectivity index (χ3n) is 3.43. The van der Waals surface area contributed by atoms with Crippen molar-refractivity contribution < 1.29 is 0 Å². The highest BCUT2D eigenvalue weighted by Crippen LogP contribution is 2.43. The van der Waals surface area contributed by atoms with Gasteiger partial charge in [-0.15, -0.1) is 0 Å². The van der Waals surface area contributed by atoms with Crippen LogP contribution in [0.25, 0.3) is 11.6 Å². The fraction of sp³-hybridized carbons (Fsp3) is 0.125. The van der Waals surface area contributed by atoms with Gasteiger partial charge in [-0.2, -0.15) is 0 Å². The first-order valence-corrected chi connectivity index (χ1v) is 6.62. The van der Waals surface area contributed by atoms with Crippen LogP contribution < -0.4 is 0 Å². The molecule has 0 radical (unpaired) electrons. The third kappa shape index (κ3) is 1.75. The van der Waals surface area contributed by atoms with Crippen molar-refractivity contribution in [2.24, 2.45) is 0 Å². The van der Waals surface area contributed by atoms with Crippen LogP contribution in [0.1, 0.15) is 29.5 Å². The van der Waals surface area contributed by atoms with E-state index in [1.54, 1.807) is 0 Å². The van der Waals surface area contributed by atoms with Crippen LogP contribution in [0.5, 0.6) is 0 Å². The lowest BCUT2D eigenvalue weighted by Crippen LogP contribution is -1.92. The van der Waals surface area contributed by atoms with E-state index in [-0.39, 0.29) is 0 Å². The van der Waals surface area contributed by atoms with Gasteiger partial charge in [0.15, 0.2) is 0 Å². The molecule has 1 aliphatic rings. The molecule has 0 heterocycles. The Morgan fingerprint density at radius 2 is 1.71 bits per heavy atom. The summed E-state index contributed by atoms with van der Waals surface area (Å²) in [4.78, 5) is 0. The van der Waals surface area contributed by atoms with E-state index >= 15 is 0 Å². The van der Waals surface area contributed by atoms with E-state index in [4.69, 9.17) is 0 Å². The van der Waals surface area contributed by atoms with Gasteiger partial charge >= 0.3 is 0 Å². The Hall–Kier alpha value is -1.34. The summed E-state index contributed by atoms with van der Waals surface area (Å²) in [6, 6.07) is 17.1. The first-order chi connectivity index (χ1) is 8.27. The van der Waals surface area contributed by atoms with Crippen molar-refractivity contribution in [3.8, 4) is 0 Å². The number of fused-ring (bicyclic) bond motifs is 1. The van der Waals surface area contributed by atoms with Gasteiger partial charge in [-0.25, -0.2) is 0 Å². The molecule has 0 spiro atoms. The Balaban J connectivity index is 2.13. The third-order valence-corrected chi connectivity index (χ3v) is 4.12. The van der Waals surface area contributed by atoms with Crippen LogP contribution >= 0.6 is 15.9 Å². The quantitative estimate of drug-likeness (QED) is 0.683. The molecule has 0 nitrogen and oxygen atoms in total.